The standard InChI is InChI=1S/C42H52N2O6/c1-5-43(6-2)39(37(45)29-35(31-21-13-9-14-22-31)32-23-15-10-16-24-32)49-41(47)42(48)50-40(44(7-3)8-4)38(46)30-36(33-25-17-11-18-26-33)34-27-19-12-20-28-34/h9-28,35-40,45-46H,5-8,29-30H2,1-4H3. The van der Waals surface area contributed by atoms with Gasteiger partial charge in [-0.1, -0.05) is 149 Å². The van der Waals surface area contributed by atoms with Gasteiger partial charge in [0.05, 0.1) is 0 Å². The van der Waals surface area contributed by atoms with Gasteiger partial charge in [0.15, 0.2) is 12.5 Å². The summed E-state index contributed by atoms with van der Waals surface area (Å²) in [6.45, 7) is 9.53. The van der Waals surface area contributed by atoms with Gasteiger partial charge in [0.1, 0.15) is 12.2 Å². The van der Waals surface area contributed by atoms with Crippen molar-refractivity contribution in [2.24, 2.45) is 0 Å². The van der Waals surface area contributed by atoms with Gasteiger partial charge in [-0.2, -0.15) is 0 Å². The summed E-state index contributed by atoms with van der Waals surface area (Å²) in [6.07, 6.45) is -3.95. The summed E-state index contributed by atoms with van der Waals surface area (Å²) < 4.78 is 11.6. The molecular weight excluding hydrogens is 628 g/mol. The fraction of sp³-hybridized carbons (Fsp3) is 0.381. The second-order valence-electron chi connectivity index (χ2n) is 12.4. The Morgan fingerprint density at radius 1 is 0.480 bits per heavy atom. The maximum Gasteiger partial charge on any atom is 0.419 e. The number of hydrogen-bond donors (Lipinski definition) is 2. The minimum atomic E-state index is -1.22. The van der Waals surface area contributed by atoms with E-state index in [9.17, 15) is 19.8 Å². The van der Waals surface area contributed by atoms with Gasteiger partial charge >= 0.3 is 11.9 Å². The molecule has 4 aromatic carbocycles. The second kappa shape index (κ2) is 19.7. The molecule has 0 aromatic heterocycles. The number of rotatable bonds is 18. The zero-order valence-electron chi connectivity index (χ0n) is 29.7. The van der Waals surface area contributed by atoms with Crippen molar-refractivity contribution in [2.75, 3.05) is 26.2 Å². The van der Waals surface area contributed by atoms with Gasteiger partial charge in [-0.3, -0.25) is 9.80 Å². The van der Waals surface area contributed by atoms with Crippen molar-refractivity contribution in [3.8, 4) is 0 Å². The third kappa shape index (κ3) is 10.3. The predicted molar refractivity (Wildman–Crippen MR) is 196 cm³/mol. The lowest BCUT2D eigenvalue weighted by Crippen LogP contribution is -2.50. The second-order valence-corrected chi connectivity index (χ2v) is 12.4. The lowest BCUT2D eigenvalue weighted by Gasteiger charge is -2.35. The number of nitrogens with zero attached hydrogens (tertiary/aromatic N) is 2. The van der Waals surface area contributed by atoms with Crippen LogP contribution in [-0.2, 0) is 19.1 Å². The van der Waals surface area contributed by atoms with E-state index in [-0.39, 0.29) is 24.7 Å². The molecule has 0 aliphatic heterocycles. The lowest BCUT2D eigenvalue weighted by molar-refractivity contribution is -0.197. The van der Waals surface area contributed by atoms with E-state index in [1.165, 1.54) is 0 Å². The molecule has 4 atom stereocenters. The van der Waals surface area contributed by atoms with Crippen LogP contribution in [0.2, 0.25) is 0 Å². The quantitative estimate of drug-likeness (QED) is 0.0692. The molecule has 0 aliphatic rings. The van der Waals surface area contributed by atoms with E-state index in [1.807, 2.05) is 159 Å². The zero-order valence-corrected chi connectivity index (χ0v) is 29.7. The molecular formula is C42H52N2O6. The van der Waals surface area contributed by atoms with Crippen LogP contribution >= 0.6 is 0 Å². The molecule has 8 nitrogen and oxygen atoms in total. The van der Waals surface area contributed by atoms with E-state index in [0.717, 1.165) is 22.3 Å². The van der Waals surface area contributed by atoms with E-state index in [2.05, 4.69) is 0 Å². The average molecular weight is 681 g/mol. The lowest BCUT2D eigenvalue weighted by atomic mass is 9.86. The first kappa shape index (κ1) is 38.5. The van der Waals surface area contributed by atoms with Gasteiger partial charge in [0.2, 0.25) is 0 Å². The first-order chi connectivity index (χ1) is 24.3. The maximum atomic E-state index is 13.5. The van der Waals surface area contributed by atoms with Crippen molar-refractivity contribution in [3.05, 3.63) is 144 Å². The Balaban J connectivity index is 1.54. The Labute approximate surface area is 297 Å². The number of carbonyl (C=O) groups excluding carboxylic acids is 2. The third-order valence-corrected chi connectivity index (χ3v) is 9.39. The number of benzene rings is 4. The third-order valence-electron chi connectivity index (χ3n) is 9.39. The molecule has 266 valence electrons. The minimum Gasteiger partial charge on any atom is -0.435 e. The number of hydrogen-bond acceptors (Lipinski definition) is 8. The van der Waals surface area contributed by atoms with Crippen LogP contribution in [0, 0.1) is 0 Å². The first-order valence-electron chi connectivity index (χ1n) is 17.8. The number of carbonyl (C=O) groups is 2. The van der Waals surface area contributed by atoms with Crippen LogP contribution in [-0.4, -0.2) is 82.8 Å². The maximum absolute atomic E-state index is 13.5. The predicted octanol–water partition coefficient (Wildman–Crippen LogP) is 6.57. The molecule has 0 radical (unpaired) electrons. The Morgan fingerprint density at radius 2 is 0.720 bits per heavy atom. The van der Waals surface area contributed by atoms with Gasteiger partial charge in [0, 0.05) is 11.8 Å². The topological polar surface area (TPSA) is 99.5 Å². The van der Waals surface area contributed by atoms with Crippen LogP contribution in [0.15, 0.2) is 121 Å². The number of esters is 2. The van der Waals surface area contributed by atoms with Crippen molar-refractivity contribution in [2.45, 2.75) is 77.0 Å². The fourth-order valence-corrected chi connectivity index (χ4v) is 6.66. The minimum absolute atomic E-state index is 0.180. The highest BCUT2D eigenvalue weighted by Crippen LogP contribution is 2.32. The molecule has 0 aliphatic carbocycles. The number of aliphatic hydroxyl groups excluding tert-OH is 2. The normalized spacial score (nSPS) is 14.0. The van der Waals surface area contributed by atoms with Crippen molar-refractivity contribution in [1.82, 2.24) is 9.80 Å². The van der Waals surface area contributed by atoms with Crippen LogP contribution in [0.4, 0.5) is 0 Å². The van der Waals surface area contributed by atoms with Gasteiger partial charge in [0.25, 0.3) is 0 Å². The molecule has 0 fully saturated rings. The highest BCUT2D eigenvalue weighted by atomic mass is 16.6. The summed E-state index contributed by atoms with van der Waals surface area (Å²) in [5, 5.41) is 23.4. The van der Waals surface area contributed by atoms with Crippen molar-refractivity contribution >= 4 is 11.9 Å². The summed E-state index contributed by atoms with van der Waals surface area (Å²) in [6, 6.07) is 39.5. The molecule has 0 saturated carbocycles. The smallest absolute Gasteiger partial charge is 0.419 e. The molecule has 4 unspecified atom stereocenters. The SMILES string of the molecule is CCN(CC)C(OC(=O)C(=O)OC(C(O)CC(c1ccccc1)c1ccccc1)N(CC)CC)C(O)CC(c1ccccc1)c1ccccc1. The molecule has 0 bridgehead atoms. The number of ether oxygens (including phenoxy) is 2. The summed E-state index contributed by atoms with van der Waals surface area (Å²) in [5.41, 5.74) is 4.06. The average Bonchev–Trinajstić information content (AvgIpc) is 3.17. The largest absolute Gasteiger partial charge is 0.435 e. The monoisotopic (exact) mass is 680 g/mol. The molecule has 4 aromatic rings. The fourth-order valence-electron chi connectivity index (χ4n) is 6.66. The molecule has 4 rings (SSSR count). The van der Waals surface area contributed by atoms with Crippen LogP contribution < -0.4 is 0 Å². The van der Waals surface area contributed by atoms with E-state index >= 15 is 0 Å². The zero-order chi connectivity index (χ0) is 35.9. The van der Waals surface area contributed by atoms with Crippen molar-refractivity contribution in [1.29, 1.82) is 0 Å². The van der Waals surface area contributed by atoms with E-state index < -0.39 is 36.6 Å². The van der Waals surface area contributed by atoms with Crippen molar-refractivity contribution < 1.29 is 29.3 Å². The highest BCUT2D eigenvalue weighted by Gasteiger charge is 2.37. The highest BCUT2D eigenvalue weighted by molar-refractivity contribution is 6.29. The summed E-state index contributed by atoms with van der Waals surface area (Å²) in [5.74, 6) is -2.80. The Bertz CT molecular complexity index is 1350. The number of aliphatic hydroxyl groups is 2. The molecule has 2 N–H and O–H groups in total. The summed E-state index contributed by atoms with van der Waals surface area (Å²) in [4.78, 5) is 30.6. The molecule has 0 heterocycles. The Hall–Kier alpha value is -4.34. The van der Waals surface area contributed by atoms with Crippen molar-refractivity contribution in [3.63, 3.8) is 0 Å². The van der Waals surface area contributed by atoms with Gasteiger partial charge in [-0.25, -0.2) is 9.59 Å². The van der Waals surface area contributed by atoms with E-state index in [1.54, 1.807) is 0 Å². The molecule has 50 heavy (non-hydrogen) atoms. The van der Waals surface area contributed by atoms with Crippen LogP contribution in [0.1, 0.15) is 74.6 Å². The number of likely N-dealkylation sites (N-methyl/N-ethyl adjacent to an activating group) is 2. The van der Waals surface area contributed by atoms with Crippen LogP contribution in [0.3, 0.4) is 0 Å². The molecule has 0 saturated heterocycles. The first-order valence-corrected chi connectivity index (χ1v) is 17.8. The van der Waals surface area contributed by atoms with E-state index in [4.69, 9.17) is 9.47 Å². The summed E-state index contributed by atoms with van der Waals surface area (Å²) in [7, 11) is 0. The Morgan fingerprint density at radius 3 is 0.940 bits per heavy atom. The van der Waals surface area contributed by atoms with Gasteiger partial charge in [-0.05, 0) is 61.3 Å². The molecule has 0 amide bonds. The summed E-state index contributed by atoms with van der Waals surface area (Å²) >= 11 is 0. The van der Waals surface area contributed by atoms with Crippen LogP contribution in [0.5, 0.6) is 0 Å². The Kier molecular flexibility index (Phi) is 15.2. The van der Waals surface area contributed by atoms with Gasteiger partial charge < -0.3 is 19.7 Å². The molecule has 0 spiro atoms. The van der Waals surface area contributed by atoms with E-state index in [0.29, 0.717) is 26.2 Å². The molecule has 8 heteroatoms. The van der Waals surface area contributed by atoms with Gasteiger partial charge in [-0.15, -0.1) is 0 Å². The van der Waals surface area contributed by atoms with Crippen LogP contribution in [0.25, 0.3) is 0 Å².